The van der Waals surface area contributed by atoms with E-state index in [-0.39, 0.29) is 35.2 Å². The van der Waals surface area contributed by atoms with Gasteiger partial charge in [0, 0.05) is 41.2 Å². The molecule has 0 spiro atoms. The van der Waals surface area contributed by atoms with E-state index in [0.717, 1.165) is 12.1 Å². The van der Waals surface area contributed by atoms with Crippen molar-refractivity contribution in [3.63, 3.8) is 0 Å². The van der Waals surface area contributed by atoms with Crippen molar-refractivity contribution in [2.75, 3.05) is 0 Å². The van der Waals surface area contributed by atoms with Crippen molar-refractivity contribution in [1.82, 2.24) is 0 Å². The maximum absolute atomic E-state index is 10.7. The molecule has 1 radical (unpaired) electrons. The molecule has 15 heavy (non-hydrogen) atoms. The van der Waals surface area contributed by atoms with E-state index in [0.29, 0.717) is 5.56 Å². The second-order valence-corrected chi connectivity index (χ2v) is 4.10. The maximum Gasteiger partial charge on any atom is 0.294 e. The van der Waals surface area contributed by atoms with Gasteiger partial charge < -0.3 is 0 Å². The Kier molecular flexibility index (Phi) is 4.88. The molecule has 8 heteroatoms. The van der Waals surface area contributed by atoms with Crippen molar-refractivity contribution in [3.05, 3.63) is 33.9 Å². The summed E-state index contributed by atoms with van der Waals surface area (Å²) in [6, 6.07) is 3.20. The van der Waals surface area contributed by atoms with Crippen LogP contribution in [0.4, 0.5) is 5.69 Å². The van der Waals surface area contributed by atoms with Gasteiger partial charge in [0.05, 0.1) is 4.92 Å². The van der Waals surface area contributed by atoms with Gasteiger partial charge in [-0.05, 0) is 13.0 Å². The molecule has 1 aromatic rings. The number of hydrogen-bond donors (Lipinski definition) is 1. The van der Waals surface area contributed by atoms with Crippen molar-refractivity contribution in [1.29, 1.82) is 0 Å². The van der Waals surface area contributed by atoms with E-state index in [4.69, 9.17) is 4.55 Å². The molecule has 6 nitrogen and oxygen atoms in total. The monoisotopic (exact) mass is 240 g/mol. The summed E-state index contributed by atoms with van der Waals surface area (Å²) in [5, 5.41) is 10.4. The average Bonchev–Trinajstić information content (AvgIpc) is 2.02. The van der Waals surface area contributed by atoms with Gasteiger partial charge >= 0.3 is 0 Å². The molecule has 1 N–H and O–H groups in total. The smallest absolute Gasteiger partial charge is 0.282 e. The molecule has 0 aliphatic rings. The van der Waals surface area contributed by atoms with Crippen LogP contribution < -0.4 is 0 Å². The third kappa shape index (κ3) is 3.54. The first-order valence-electron chi connectivity index (χ1n) is 3.55. The van der Waals surface area contributed by atoms with Crippen molar-refractivity contribution in [3.8, 4) is 0 Å². The molecule has 0 aliphatic heterocycles. The molecule has 0 bridgehead atoms. The zero-order valence-electron chi connectivity index (χ0n) is 8.17. The zero-order valence-corrected chi connectivity index (χ0v) is 11.0. The molecule has 0 unspecified atom stereocenters. The maximum atomic E-state index is 10.7. The van der Waals surface area contributed by atoms with E-state index >= 15 is 0 Å². The molecule has 0 amide bonds. The summed E-state index contributed by atoms with van der Waals surface area (Å²) in [5.41, 5.74) is 0.00234. The molecule has 0 fully saturated rings. The first kappa shape index (κ1) is 14.5. The Morgan fingerprint density at radius 3 is 2.33 bits per heavy atom. The van der Waals surface area contributed by atoms with Crippen LogP contribution in [-0.2, 0) is 10.1 Å². The number of rotatable bonds is 2. The van der Waals surface area contributed by atoms with Crippen LogP contribution in [0, 0.1) is 17.0 Å². The van der Waals surface area contributed by atoms with Crippen molar-refractivity contribution < 1.29 is 17.9 Å². The van der Waals surface area contributed by atoms with Crippen LogP contribution in [0.1, 0.15) is 5.56 Å². The largest absolute Gasteiger partial charge is 0.294 e. The van der Waals surface area contributed by atoms with E-state index in [1.165, 1.54) is 13.0 Å². The summed E-state index contributed by atoms with van der Waals surface area (Å²) >= 11 is 0. The topological polar surface area (TPSA) is 97.5 Å². The van der Waals surface area contributed by atoms with Gasteiger partial charge in [0.25, 0.3) is 15.8 Å². The molecule has 0 saturated heterocycles. The summed E-state index contributed by atoms with van der Waals surface area (Å²) in [6.07, 6.45) is 0. The number of nitrogens with zero attached hydrogens (tertiary/aromatic N) is 1. The van der Waals surface area contributed by atoms with Gasteiger partial charge in [-0.15, -0.1) is 0 Å². The van der Waals surface area contributed by atoms with Crippen LogP contribution in [-0.4, -0.2) is 47.5 Å². The Morgan fingerprint density at radius 1 is 1.40 bits per heavy atom. The van der Waals surface area contributed by atoms with Crippen molar-refractivity contribution in [2.45, 2.75) is 11.8 Å². The third-order valence-electron chi connectivity index (χ3n) is 1.68. The number of nitro groups is 1. The van der Waals surface area contributed by atoms with Crippen LogP contribution in [0.25, 0.3) is 0 Å². The zero-order chi connectivity index (χ0) is 10.9. The predicted octanol–water partition coefficient (Wildman–Crippen LogP) is 0.769. The predicted molar refractivity (Wildman–Crippen MR) is 53.4 cm³/mol. The van der Waals surface area contributed by atoms with Gasteiger partial charge in [-0.1, -0.05) is 6.07 Å². The quantitative estimate of drug-likeness (QED) is 0.356. The Balaban J connectivity index is 0.00000196. The standard InChI is InChI=1S/C7H7NO5S.Na/c1-5-2-3-6(14(11,12)13)4-7(5)8(9)10;/h2-4H,1H3,(H,11,12,13);. The number of hydrogen-bond acceptors (Lipinski definition) is 4. The summed E-state index contributed by atoms with van der Waals surface area (Å²) in [4.78, 5) is 9.25. The molecule has 0 aromatic heterocycles. The summed E-state index contributed by atoms with van der Waals surface area (Å²) < 4.78 is 29.9. The van der Waals surface area contributed by atoms with Gasteiger partial charge in [0.1, 0.15) is 4.90 Å². The Bertz CT molecular complexity index is 484. The van der Waals surface area contributed by atoms with Crippen LogP contribution >= 0.6 is 0 Å². The minimum atomic E-state index is -4.38. The van der Waals surface area contributed by atoms with E-state index in [1.54, 1.807) is 0 Å². The van der Waals surface area contributed by atoms with Crippen LogP contribution in [0.5, 0.6) is 0 Å². The van der Waals surface area contributed by atoms with Crippen LogP contribution in [0.3, 0.4) is 0 Å². The van der Waals surface area contributed by atoms with Gasteiger partial charge in [-0.25, -0.2) is 0 Å². The Morgan fingerprint density at radius 2 is 1.93 bits per heavy atom. The van der Waals surface area contributed by atoms with Crippen LogP contribution in [0.2, 0.25) is 0 Å². The van der Waals surface area contributed by atoms with Gasteiger partial charge in [0.15, 0.2) is 0 Å². The molecule has 0 atom stereocenters. The fourth-order valence-electron chi connectivity index (χ4n) is 0.946. The number of nitro benzene ring substituents is 1. The average molecular weight is 240 g/mol. The van der Waals surface area contributed by atoms with Crippen molar-refractivity contribution >= 4 is 45.4 Å². The molecule has 0 saturated carbocycles. The summed E-state index contributed by atoms with van der Waals surface area (Å²) in [5.74, 6) is 0. The van der Waals surface area contributed by atoms with Gasteiger partial charge in [0.2, 0.25) is 0 Å². The van der Waals surface area contributed by atoms with E-state index in [9.17, 15) is 18.5 Å². The second-order valence-electron chi connectivity index (χ2n) is 2.68. The molecule has 1 aromatic carbocycles. The summed E-state index contributed by atoms with van der Waals surface area (Å²) in [6.45, 7) is 1.48. The van der Waals surface area contributed by atoms with Gasteiger partial charge in [-0.3, -0.25) is 14.7 Å². The normalized spacial score (nSPS) is 10.5. The fraction of sp³-hybridized carbons (Fsp3) is 0.143. The summed E-state index contributed by atoms with van der Waals surface area (Å²) in [7, 11) is -4.38. The second kappa shape index (κ2) is 5.04. The number of aryl methyl sites for hydroxylation is 1. The molecular weight excluding hydrogens is 233 g/mol. The van der Waals surface area contributed by atoms with Crippen LogP contribution in [0.15, 0.2) is 23.1 Å². The molecule has 77 valence electrons. The van der Waals surface area contributed by atoms with Crippen molar-refractivity contribution in [2.24, 2.45) is 0 Å². The van der Waals surface area contributed by atoms with E-state index < -0.39 is 19.9 Å². The third-order valence-corrected chi connectivity index (χ3v) is 2.52. The van der Waals surface area contributed by atoms with E-state index in [1.807, 2.05) is 0 Å². The first-order chi connectivity index (χ1) is 6.32. The Labute approximate surface area is 108 Å². The fourth-order valence-corrected chi connectivity index (χ4v) is 1.45. The van der Waals surface area contributed by atoms with E-state index in [2.05, 4.69) is 0 Å². The Hall–Kier alpha value is -0.470. The minimum Gasteiger partial charge on any atom is -0.282 e. The molecular formula is C7H7NNaO5S. The number of benzene rings is 1. The van der Waals surface area contributed by atoms with Gasteiger partial charge in [-0.2, -0.15) is 8.42 Å². The molecule has 1 rings (SSSR count). The first-order valence-corrected chi connectivity index (χ1v) is 4.99. The molecule has 0 aliphatic carbocycles. The SMILES string of the molecule is Cc1ccc(S(=O)(=O)O)cc1[N+](=O)[O-].[Na]. The molecule has 0 heterocycles. The minimum absolute atomic E-state index is 0.